The number of likely N-dealkylation sites (tertiary alicyclic amines) is 1. The Morgan fingerprint density at radius 3 is 2.09 bits per heavy atom. The van der Waals surface area contributed by atoms with E-state index in [1.54, 1.807) is 0 Å². The fraction of sp³-hybridized carbons (Fsp3) is 1.00. The van der Waals surface area contributed by atoms with E-state index in [9.17, 15) is 8.78 Å². The monoisotopic (exact) mass is 163 g/mol. The Hall–Kier alpha value is -0.180. The first kappa shape index (κ1) is 8.91. The zero-order chi connectivity index (χ0) is 8.43. The summed E-state index contributed by atoms with van der Waals surface area (Å²) in [7, 11) is 0. The highest BCUT2D eigenvalue weighted by atomic mass is 19.3. The lowest BCUT2D eigenvalue weighted by Gasteiger charge is -2.13. The van der Waals surface area contributed by atoms with Gasteiger partial charge in [-0.1, -0.05) is 13.8 Å². The molecule has 1 heterocycles. The van der Waals surface area contributed by atoms with Crippen molar-refractivity contribution in [2.24, 2.45) is 11.8 Å². The quantitative estimate of drug-likeness (QED) is 0.600. The van der Waals surface area contributed by atoms with Gasteiger partial charge in [0.2, 0.25) is 0 Å². The van der Waals surface area contributed by atoms with Gasteiger partial charge in [0.15, 0.2) is 0 Å². The molecule has 1 nitrogen and oxygen atoms in total. The van der Waals surface area contributed by atoms with Gasteiger partial charge in [-0.3, -0.25) is 4.90 Å². The van der Waals surface area contributed by atoms with Gasteiger partial charge < -0.3 is 0 Å². The molecule has 1 fully saturated rings. The lowest BCUT2D eigenvalue weighted by atomic mass is 10.0. The van der Waals surface area contributed by atoms with Gasteiger partial charge in [0.05, 0.1) is 6.54 Å². The van der Waals surface area contributed by atoms with Crippen LogP contribution in [0, 0.1) is 11.8 Å². The lowest BCUT2D eigenvalue weighted by Crippen LogP contribution is -2.26. The van der Waals surface area contributed by atoms with Crippen molar-refractivity contribution in [3.8, 4) is 0 Å². The molecule has 2 atom stereocenters. The summed E-state index contributed by atoms with van der Waals surface area (Å²) in [5, 5.41) is 0. The van der Waals surface area contributed by atoms with E-state index in [4.69, 9.17) is 0 Å². The summed E-state index contributed by atoms with van der Waals surface area (Å²) in [5.74, 6) is 1.16. The summed E-state index contributed by atoms with van der Waals surface area (Å²) in [6, 6.07) is 0. The van der Waals surface area contributed by atoms with E-state index < -0.39 is 6.43 Å². The Morgan fingerprint density at radius 1 is 1.27 bits per heavy atom. The van der Waals surface area contributed by atoms with Crippen LogP contribution in [0.4, 0.5) is 8.78 Å². The Kier molecular flexibility index (Phi) is 2.82. The van der Waals surface area contributed by atoms with Crippen molar-refractivity contribution < 1.29 is 8.78 Å². The summed E-state index contributed by atoms with van der Waals surface area (Å²) in [6.45, 7) is 5.87. The summed E-state index contributed by atoms with van der Waals surface area (Å²) in [6.07, 6.45) is -2.17. The third-order valence-electron chi connectivity index (χ3n) is 2.46. The SMILES string of the molecule is CC1CN(CC(F)F)CC1C. The van der Waals surface area contributed by atoms with Gasteiger partial charge in [-0.05, 0) is 11.8 Å². The number of hydrogen-bond acceptors (Lipinski definition) is 1. The van der Waals surface area contributed by atoms with Gasteiger partial charge in [-0.25, -0.2) is 8.78 Å². The van der Waals surface area contributed by atoms with Crippen molar-refractivity contribution in [2.75, 3.05) is 19.6 Å². The van der Waals surface area contributed by atoms with E-state index in [0.29, 0.717) is 11.8 Å². The maximum Gasteiger partial charge on any atom is 0.251 e. The molecule has 0 radical (unpaired) electrons. The normalized spacial score (nSPS) is 33.5. The van der Waals surface area contributed by atoms with E-state index >= 15 is 0 Å². The number of hydrogen-bond donors (Lipinski definition) is 0. The average Bonchev–Trinajstić information content (AvgIpc) is 2.10. The maximum absolute atomic E-state index is 11.9. The molecule has 11 heavy (non-hydrogen) atoms. The predicted molar refractivity (Wildman–Crippen MR) is 40.8 cm³/mol. The van der Waals surface area contributed by atoms with Crippen molar-refractivity contribution in [2.45, 2.75) is 20.3 Å². The molecule has 0 aromatic rings. The van der Waals surface area contributed by atoms with Crippen LogP contribution in [0.1, 0.15) is 13.8 Å². The molecule has 3 heteroatoms. The zero-order valence-corrected chi connectivity index (χ0v) is 7.06. The molecule has 0 saturated carbocycles. The number of alkyl halides is 2. The lowest BCUT2D eigenvalue weighted by molar-refractivity contribution is 0.0974. The molecule has 0 N–H and O–H groups in total. The van der Waals surface area contributed by atoms with E-state index in [-0.39, 0.29) is 6.54 Å². The second-order valence-electron chi connectivity index (χ2n) is 3.56. The summed E-state index contributed by atoms with van der Waals surface area (Å²) < 4.78 is 23.8. The summed E-state index contributed by atoms with van der Waals surface area (Å²) in [4.78, 5) is 1.85. The van der Waals surface area contributed by atoms with Gasteiger partial charge in [0.25, 0.3) is 6.43 Å². The molecule has 1 aliphatic rings. The second kappa shape index (κ2) is 3.48. The molecule has 0 bridgehead atoms. The minimum Gasteiger partial charge on any atom is -0.297 e. The first-order valence-corrected chi connectivity index (χ1v) is 4.10. The average molecular weight is 163 g/mol. The molecule has 0 aromatic heterocycles. The highest BCUT2D eigenvalue weighted by Crippen LogP contribution is 2.22. The Balaban J connectivity index is 2.29. The number of rotatable bonds is 2. The van der Waals surface area contributed by atoms with Crippen LogP contribution in [-0.2, 0) is 0 Å². The number of nitrogens with zero attached hydrogens (tertiary/aromatic N) is 1. The molecule has 1 saturated heterocycles. The van der Waals surface area contributed by atoms with E-state index in [0.717, 1.165) is 13.1 Å². The van der Waals surface area contributed by atoms with Crippen LogP contribution < -0.4 is 0 Å². The fourth-order valence-electron chi connectivity index (χ4n) is 1.59. The Labute approximate surface area is 66.4 Å². The van der Waals surface area contributed by atoms with Crippen molar-refractivity contribution in [3.63, 3.8) is 0 Å². The maximum atomic E-state index is 11.9. The van der Waals surface area contributed by atoms with Crippen LogP contribution in [0.25, 0.3) is 0 Å². The van der Waals surface area contributed by atoms with Gasteiger partial charge in [-0.2, -0.15) is 0 Å². The topological polar surface area (TPSA) is 3.24 Å². The van der Waals surface area contributed by atoms with E-state index in [1.165, 1.54) is 0 Å². The van der Waals surface area contributed by atoms with Crippen LogP contribution in [0.2, 0.25) is 0 Å². The molecule has 0 aliphatic carbocycles. The Morgan fingerprint density at radius 2 is 1.73 bits per heavy atom. The summed E-state index contributed by atoms with van der Waals surface area (Å²) in [5.41, 5.74) is 0. The van der Waals surface area contributed by atoms with Crippen LogP contribution in [0.15, 0.2) is 0 Å². The molecule has 1 aliphatic heterocycles. The zero-order valence-electron chi connectivity index (χ0n) is 7.06. The minimum atomic E-state index is -2.17. The van der Waals surface area contributed by atoms with Gasteiger partial charge in [0.1, 0.15) is 0 Å². The molecule has 0 amide bonds. The molecule has 0 aromatic carbocycles. The third kappa shape index (κ3) is 2.40. The van der Waals surface area contributed by atoms with Crippen LogP contribution in [0.5, 0.6) is 0 Å². The van der Waals surface area contributed by atoms with E-state index in [1.807, 2.05) is 4.90 Å². The Bertz CT molecular complexity index is 115. The van der Waals surface area contributed by atoms with Gasteiger partial charge in [-0.15, -0.1) is 0 Å². The van der Waals surface area contributed by atoms with Crippen LogP contribution in [-0.4, -0.2) is 31.0 Å². The highest BCUT2D eigenvalue weighted by molar-refractivity contribution is 4.78. The van der Waals surface area contributed by atoms with Gasteiger partial charge in [0, 0.05) is 13.1 Å². The standard InChI is InChI=1S/C8H15F2N/c1-6-3-11(4-7(6)2)5-8(9)10/h6-8H,3-5H2,1-2H3. The van der Waals surface area contributed by atoms with Crippen molar-refractivity contribution >= 4 is 0 Å². The van der Waals surface area contributed by atoms with Gasteiger partial charge >= 0.3 is 0 Å². The third-order valence-corrected chi connectivity index (χ3v) is 2.46. The van der Waals surface area contributed by atoms with Crippen LogP contribution >= 0.6 is 0 Å². The molecule has 66 valence electrons. The summed E-state index contributed by atoms with van der Waals surface area (Å²) >= 11 is 0. The second-order valence-corrected chi connectivity index (χ2v) is 3.56. The minimum absolute atomic E-state index is 0.0469. The van der Waals surface area contributed by atoms with E-state index in [2.05, 4.69) is 13.8 Å². The van der Waals surface area contributed by atoms with Crippen LogP contribution in [0.3, 0.4) is 0 Å². The molecule has 0 spiro atoms. The largest absolute Gasteiger partial charge is 0.297 e. The first-order chi connectivity index (χ1) is 5.09. The fourth-order valence-corrected chi connectivity index (χ4v) is 1.59. The first-order valence-electron chi connectivity index (χ1n) is 4.10. The predicted octanol–water partition coefficient (Wildman–Crippen LogP) is 1.84. The van der Waals surface area contributed by atoms with Crippen molar-refractivity contribution in [1.29, 1.82) is 0 Å². The molecule has 1 rings (SSSR count). The molecular weight excluding hydrogens is 148 g/mol. The van der Waals surface area contributed by atoms with Crippen molar-refractivity contribution in [1.82, 2.24) is 4.90 Å². The van der Waals surface area contributed by atoms with Crippen molar-refractivity contribution in [3.05, 3.63) is 0 Å². The highest BCUT2D eigenvalue weighted by Gasteiger charge is 2.27. The molecular formula is C8H15F2N. The number of halogens is 2. The smallest absolute Gasteiger partial charge is 0.251 e. The molecule has 2 unspecified atom stereocenters.